The standard InChI is InChI=1S/C37H37FN4O6.C2H6/c1-37(2,35(44)41-36(45)39-17-20-47-23-24-7-4-3-5-8-24)31-27-9-6-10-29(38)32(27)48-33-28(31)15-16-30(40-33)25-11-13-26(14-12-25)34(43)42-18-21-46-22-19-42;1-2/h3-16,31H,17-23H2,1-2H3,(H2,39,41,44,45);1-2H3. The number of carbonyl (C=O) groups is 3. The molecule has 0 saturated carbocycles. The molecular formula is C39H43FN4O6. The normalized spacial score (nSPS) is 15.0. The number of amides is 4. The Labute approximate surface area is 292 Å². The van der Waals surface area contributed by atoms with Crippen LogP contribution in [0.4, 0.5) is 9.18 Å². The molecule has 6 rings (SSSR count). The summed E-state index contributed by atoms with van der Waals surface area (Å²) in [5.74, 6) is -1.76. The van der Waals surface area contributed by atoms with E-state index in [4.69, 9.17) is 19.2 Å². The number of imide groups is 1. The highest BCUT2D eigenvalue weighted by Gasteiger charge is 2.45. The van der Waals surface area contributed by atoms with E-state index in [-0.39, 0.29) is 30.7 Å². The van der Waals surface area contributed by atoms with Gasteiger partial charge in [0.25, 0.3) is 5.91 Å². The molecule has 1 fully saturated rings. The number of hydrogen-bond acceptors (Lipinski definition) is 7. The van der Waals surface area contributed by atoms with Gasteiger partial charge in [-0.05, 0) is 29.8 Å². The number of fused-ring (bicyclic) bond motifs is 2. The van der Waals surface area contributed by atoms with Crippen molar-refractivity contribution in [1.82, 2.24) is 20.5 Å². The molecule has 50 heavy (non-hydrogen) atoms. The molecule has 4 aromatic rings. The average Bonchev–Trinajstić information content (AvgIpc) is 3.15. The minimum Gasteiger partial charge on any atom is -0.435 e. The number of benzene rings is 3. The zero-order valence-electron chi connectivity index (χ0n) is 28.8. The smallest absolute Gasteiger partial charge is 0.321 e. The molecule has 262 valence electrons. The summed E-state index contributed by atoms with van der Waals surface area (Å²) in [6, 6.07) is 24.3. The molecule has 2 N–H and O–H groups in total. The van der Waals surface area contributed by atoms with Crippen LogP contribution in [0.15, 0.2) is 84.9 Å². The van der Waals surface area contributed by atoms with Crippen LogP contribution < -0.4 is 15.4 Å². The molecular weight excluding hydrogens is 639 g/mol. The zero-order valence-corrected chi connectivity index (χ0v) is 28.8. The van der Waals surface area contributed by atoms with Gasteiger partial charge < -0.3 is 24.4 Å². The Hall–Kier alpha value is -5.13. The van der Waals surface area contributed by atoms with Gasteiger partial charge in [-0.15, -0.1) is 0 Å². The molecule has 1 atom stereocenters. The third-order valence-electron chi connectivity index (χ3n) is 8.61. The van der Waals surface area contributed by atoms with Crippen molar-refractivity contribution in [2.24, 2.45) is 5.41 Å². The van der Waals surface area contributed by atoms with Gasteiger partial charge >= 0.3 is 6.03 Å². The van der Waals surface area contributed by atoms with Gasteiger partial charge in [-0.3, -0.25) is 14.9 Å². The van der Waals surface area contributed by atoms with E-state index in [9.17, 15) is 14.4 Å². The van der Waals surface area contributed by atoms with E-state index < -0.39 is 29.1 Å². The van der Waals surface area contributed by atoms with E-state index in [1.165, 1.54) is 6.07 Å². The van der Waals surface area contributed by atoms with Gasteiger partial charge in [0, 0.05) is 47.8 Å². The van der Waals surface area contributed by atoms with Gasteiger partial charge in [-0.25, -0.2) is 14.2 Å². The summed E-state index contributed by atoms with van der Waals surface area (Å²) in [7, 11) is 0. The van der Waals surface area contributed by atoms with Gasteiger partial charge in [0.2, 0.25) is 11.8 Å². The van der Waals surface area contributed by atoms with E-state index in [1.54, 1.807) is 61.2 Å². The maximum Gasteiger partial charge on any atom is 0.321 e. The fourth-order valence-electron chi connectivity index (χ4n) is 5.99. The van der Waals surface area contributed by atoms with Crippen LogP contribution in [0.3, 0.4) is 0 Å². The summed E-state index contributed by atoms with van der Waals surface area (Å²) in [6.45, 7) is 10.4. The molecule has 0 radical (unpaired) electrons. The number of nitrogens with one attached hydrogen (secondary N) is 2. The minimum atomic E-state index is -1.23. The molecule has 3 aromatic carbocycles. The first kappa shape index (κ1) is 36.2. The van der Waals surface area contributed by atoms with E-state index >= 15 is 4.39 Å². The molecule has 10 nitrogen and oxygen atoms in total. The summed E-state index contributed by atoms with van der Waals surface area (Å²) in [6.07, 6.45) is 0. The average molecular weight is 683 g/mol. The predicted molar refractivity (Wildman–Crippen MR) is 187 cm³/mol. The Bertz CT molecular complexity index is 1790. The van der Waals surface area contributed by atoms with Crippen molar-refractivity contribution in [3.8, 4) is 22.9 Å². The monoisotopic (exact) mass is 682 g/mol. The second-order valence-electron chi connectivity index (χ2n) is 12.2. The summed E-state index contributed by atoms with van der Waals surface area (Å²) in [5, 5.41) is 5.10. The van der Waals surface area contributed by atoms with Crippen LogP contribution >= 0.6 is 0 Å². The third kappa shape index (κ3) is 8.18. The minimum absolute atomic E-state index is 0.0213. The van der Waals surface area contributed by atoms with Gasteiger partial charge in [0.1, 0.15) is 0 Å². The van der Waals surface area contributed by atoms with Crippen molar-refractivity contribution in [3.63, 3.8) is 0 Å². The number of ether oxygens (including phenoxy) is 3. The number of carbonyl (C=O) groups excluding carboxylic acids is 3. The second-order valence-corrected chi connectivity index (χ2v) is 12.2. The lowest BCUT2D eigenvalue weighted by molar-refractivity contribution is -0.128. The Morgan fingerprint density at radius 3 is 2.36 bits per heavy atom. The quantitative estimate of drug-likeness (QED) is 0.189. The fourth-order valence-corrected chi connectivity index (χ4v) is 5.99. The number of para-hydroxylation sites is 1. The van der Waals surface area contributed by atoms with Crippen molar-refractivity contribution >= 4 is 17.8 Å². The van der Waals surface area contributed by atoms with Gasteiger partial charge in [-0.2, -0.15) is 0 Å². The largest absolute Gasteiger partial charge is 0.435 e. The second kappa shape index (κ2) is 16.5. The van der Waals surface area contributed by atoms with Gasteiger partial charge in [0.05, 0.1) is 37.5 Å². The summed E-state index contributed by atoms with van der Waals surface area (Å²) in [4.78, 5) is 45.7. The highest BCUT2D eigenvalue weighted by atomic mass is 19.1. The molecule has 3 heterocycles. The lowest BCUT2D eigenvalue weighted by Crippen LogP contribution is -2.48. The fraction of sp³-hybridized carbons (Fsp3) is 0.333. The van der Waals surface area contributed by atoms with Crippen molar-refractivity contribution in [1.29, 1.82) is 0 Å². The highest BCUT2D eigenvalue weighted by Crippen LogP contribution is 2.52. The first-order chi connectivity index (χ1) is 24.2. The first-order valence-electron chi connectivity index (χ1n) is 16.9. The van der Waals surface area contributed by atoms with Crippen molar-refractivity contribution < 1.29 is 33.0 Å². The molecule has 11 heteroatoms. The molecule has 4 amide bonds. The van der Waals surface area contributed by atoms with E-state index in [0.29, 0.717) is 55.3 Å². The number of halogens is 1. The van der Waals surface area contributed by atoms with E-state index in [0.717, 1.165) is 11.1 Å². The number of aromatic nitrogens is 1. The van der Waals surface area contributed by atoms with Crippen molar-refractivity contribution in [3.05, 3.63) is 113 Å². The molecule has 0 aliphatic carbocycles. The van der Waals surface area contributed by atoms with E-state index in [1.807, 2.05) is 50.2 Å². The molecule has 1 unspecified atom stereocenters. The molecule has 0 spiro atoms. The number of nitrogens with zero attached hydrogens (tertiary/aromatic N) is 2. The molecule has 0 bridgehead atoms. The number of pyridine rings is 1. The highest BCUT2D eigenvalue weighted by molar-refractivity contribution is 5.98. The Balaban J connectivity index is 0.00000239. The maximum atomic E-state index is 15.2. The maximum absolute atomic E-state index is 15.2. The molecule has 1 saturated heterocycles. The Morgan fingerprint density at radius 1 is 0.920 bits per heavy atom. The summed E-state index contributed by atoms with van der Waals surface area (Å²) >= 11 is 0. The van der Waals surface area contributed by atoms with Crippen LogP contribution in [0.25, 0.3) is 11.3 Å². The summed E-state index contributed by atoms with van der Waals surface area (Å²) < 4.78 is 32.1. The van der Waals surface area contributed by atoms with Crippen LogP contribution in [-0.2, 0) is 20.9 Å². The lowest BCUT2D eigenvalue weighted by atomic mass is 9.69. The molecule has 1 aromatic heterocycles. The third-order valence-corrected chi connectivity index (χ3v) is 8.61. The number of rotatable bonds is 9. The Morgan fingerprint density at radius 2 is 1.64 bits per heavy atom. The van der Waals surface area contributed by atoms with Crippen LogP contribution in [-0.4, -0.2) is 67.2 Å². The number of urea groups is 1. The van der Waals surface area contributed by atoms with Crippen LogP contribution in [0.2, 0.25) is 0 Å². The SMILES string of the molecule is CC.CC(C)(C(=O)NC(=O)NCCOCc1ccccc1)C1c2ccc(-c3ccc(C(=O)N4CCOCC4)cc3)nc2Oc2c(F)cccc21. The van der Waals surface area contributed by atoms with Crippen LogP contribution in [0.5, 0.6) is 11.6 Å². The summed E-state index contributed by atoms with van der Waals surface area (Å²) in [5.41, 5.74) is 2.67. The van der Waals surface area contributed by atoms with Crippen molar-refractivity contribution in [2.45, 2.75) is 40.2 Å². The molecule has 2 aliphatic rings. The van der Waals surface area contributed by atoms with Gasteiger partial charge in [0.15, 0.2) is 11.6 Å². The Kier molecular flexibility index (Phi) is 11.9. The predicted octanol–water partition coefficient (Wildman–Crippen LogP) is 6.69. The topological polar surface area (TPSA) is 119 Å². The first-order valence-corrected chi connectivity index (χ1v) is 16.9. The zero-order chi connectivity index (χ0) is 35.7. The van der Waals surface area contributed by atoms with E-state index in [2.05, 4.69) is 10.6 Å². The van der Waals surface area contributed by atoms with Crippen LogP contribution in [0, 0.1) is 11.2 Å². The number of morpholine rings is 1. The number of hydrogen-bond donors (Lipinski definition) is 2. The molecule has 2 aliphatic heterocycles. The lowest BCUT2D eigenvalue weighted by Gasteiger charge is -2.37. The van der Waals surface area contributed by atoms with Gasteiger partial charge in [-0.1, -0.05) is 88.4 Å². The van der Waals surface area contributed by atoms with Crippen LogP contribution in [0.1, 0.15) is 60.7 Å². The van der Waals surface area contributed by atoms with Crippen molar-refractivity contribution in [2.75, 3.05) is 39.5 Å².